The van der Waals surface area contributed by atoms with Crippen molar-refractivity contribution >= 4 is 22.7 Å². The van der Waals surface area contributed by atoms with E-state index in [0.29, 0.717) is 36.5 Å². The van der Waals surface area contributed by atoms with Gasteiger partial charge in [-0.3, -0.25) is 0 Å². The van der Waals surface area contributed by atoms with Gasteiger partial charge in [-0.25, -0.2) is 0 Å². The van der Waals surface area contributed by atoms with Gasteiger partial charge in [-0.05, 0) is 206 Å². The fourth-order valence-electron chi connectivity index (χ4n) is 11.5. The summed E-state index contributed by atoms with van der Waals surface area (Å²) < 4.78 is 39.1. The number of hydrogen-bond acceptors (Lipinski definition) is 10. The first-order valence-corrected chi connectivity index (χ1v) is 34.4. The maximum Gasteiger partial charge on any atom is 0.204 e. The van der Waals surface area contributed by atoms with Crippen molar-refractivity contribution in [3.63, 3.8) is 0 Å². The van der Waals surface area contributed by atoms with E-state index in [1.165, 1.54) is 77.0 Å². The van der Waals surface area contributed by atoms with Gasteiger partial charge in [0.25, 0.3) is 0 Å². The highest BCUT2D eigenvalue weighted by Crippen LogP contribution is 2.36. The molecule has 0 saturated carbocycles. The van der Waals surface area contributed by atoms with Crippen LogP contribution in [0.25, 0.3) is 11.1 Å². The lowest BCUT2D eigenvalue weighted by molar-refractivity contribution is 0.151. The van der Waals surface area contributed by atoms with E-state index in [9.17, 15) is 0 Å². The van der Waals surface area contributed by atoms with Gasteiger partial charge in [0.05, 0.1) is 26.4 Å². The van der Waals surface area contributed by atoms with Gasteiger partial charge in [0.1, 0.15) is 34.5 Å². The molecule has 0 aliphatic heterocycles. The van der Waals surface area contributed by atoms with Gasteiger partial charge in [0.2, 0.25) is 11.4 Å². The van der Waals surface area contributed by atoms with E-state index < -0.39 is 11.4 Å². The molecule has 0 radical (unpaired) electrons. The van der Waals surface area contributed by atoms with Crippen molar-refractivity contribution in [2.24, 2.45) is 23.7 Å². The Kier molecular flexibility index (Phi) is 27.4. The summed E-state index contributed by atoms with van der Waals surface area (Å²) in [6.45, 7) is 21.0. The van der Waals surface area contributed by atoms with Crippen molar-refractivity contribution in [1.82, 2.24) is 0 Å². The Bertz CT molecular complexity index is 2910. The molecule has 8 rings (SSSR count). The highest BCUT2D eigenvalue weighted by molar-refractivity contribution is 5.66. The maximum atomic E-state index is 7.00. The van der Waals surface area contributed by atoms with Crippen molar-refractivity contribution in [3.05, 3.63) is 193 Å². The van der Waals surface area contributed by atoms with E-state index >= 15 is 0 Å². The Morgan fingerprint density at radius 1 is 0.333 bits per heavy atom. The summed E-state index contributed by atoms with van der Waals surface area (Å²) in [5.74, 6) is 7.31. The van der Waals surface area contributed by atoms with Crippen molar-refractivity contribution in [2.75, 3.05) is 47.7 Å². The predicted molar refractivity (Wildman–Crippen MR) is 378 cm³/mol. The van der Waals surface area contributed by atoms with Crippen LogP contribution in [0.5, 0.6) is 34.5 Å². The average Bonchev–Trinajstić information content (AvgIpc) is 1.13. The van der Waals surface area contributed by atoms with E-state index in [1.807, 2.05) is 0 Å². The summed E-state index contributed by atoms with van der Waals surface area (Å²) in [7, 11) is 0. The van der Waals surface area contributed by atoms with Gasteiger partial charge in [0, 0.05) is 47.0 Å². The van der Waals surface area contributed by atoms with Crippen molar-refractivity contribution < 1.29 is 28.4 Å². The van der Waals surface area contributed by atoms with Gasteiger partial charge in [0.15, 0.2) is 0 Å². The number of benzene rings is 6. The molecule has 2 aliphatic rings. The summed E-state index contributed by atoms with van der Waals surface area (Å²) >= 11 is 0. The smallest absolute Gasteiger partial charge is 0.204 e. The second kappa shape index (κ2) is 36.2. The highest BCUT2D eigenvalue weighted by atomic mass is 16.5. The van der Waals surface area contributed by atoms with Crippen molar-refractivity contribution in [3.8, 4) is 45.6 Å². The van der Waals surface area contributed by atoms with Gasteiger partial charge < -0.3 is 49.7 Å². The monoisotopic (exact) mass is 1220 g/mol. The number of unbranched alkanes of at least 4 members (excludes halogenated alkanes) is 4. The summed E-state index contributed by atoms with van der Waals surface area (Å²) in [6.07, 6.45) is 33.0. The Balaban J connectivity index is 0.945. The van der Waals surface area contributed by atoms with Crippen molar-refractivity contribution in [1.29, 1.82) is 0 Å². The minimum atomic E-state index is -0.870. The molecule has 2 aliphatic carbocycles. The van der Waals surface area contributed by atoms with Crippen LogP contribution in [0.1, 0.15) is 171 Å². The van der Waals surface area contributed by atoms with Gasteiger partial charge in [-0.1, -0.05) is 169 Å². The summed E-state index contributed by atoms with van der Waals surface area (Å²) in [4.78, 5) is 0. The number of anilines is 4. The first kappa shape index (κ1) is 68.2. The van der Waals surface area contributed by atoms with Crippen LogP contribution in [0.3, 0.4) is 0 Å². The molecule has 10 nitrogen and oxygen atoms in total. The van der Waals surface area contributed by atoms with E-state index in [4.69, 9.17) is 28.4 Å². The molecular formula is C80H106N4O6. The molecule has 10 heteroatoms. The van der Waals surface area contributed by atoms with Gasteiger partial charge >= 0.3 is 0 Å². The third-order valence-corrected chi connectivity index (χ3v) is 17.8. The topological polar surface area (TPSA) is 104 Å². The zero-order valence-corrected chi connectivity index (χ0v) is 55.6. The third-order valence-electron chi connectivity index (χ3n) is 17.8. The van der Waals surface area contributed by atoms with E-state index in [1.54, 1.807) is 0 Å². The largest absolute Gasteiger partial charge is 0.493 e. The number of hydrogen-bond donors (Lipinski definition) is 4. The minimum Gasteiger partial charge on any atom is -0.493 e. The molecular weight excluding hydrogens is 1110 g/mol. The number of rotatable bonds is 41. The molecule has 0 amide bonds. The lowest BCUT2D eigenvalue weighted by Gasteiger charge is -2.35. The zero-order chi connectivity index (χ0) is 63.2. The molecule has 0 fully saturated rings. The standard InChI is InChI=1S/C80H106N4O6/c1-9-17-21-61(13-5)57-85-73-41-29-67(30-42-73)81-69-49-53-79(54-50-69,83-71-33-45-75(46-34-71)87-59-63(15-7)23-19-11-3)89-77-37-25-65(26-38-77)66-27-39-78(40-28-66)90-80(84-72-35-47-76(48-36-72)88-60-64(16-8)24-20-12-4)55-51-70(52-56-80)82-68-31-43-74(44-32-68)86-58-62(14-6)22-18-10-2/h25-53,55,61-64,81-84H,9-24,54,56-60H2,1-8H3. The molecule has 4 N–H and O–H groups in total. The average molecular weight is 1220 g/mol. The molecule has 6 atom stereocenters. The lowest BCUT2D eigenvalue weighted by atomic mass is 10.0. The van der Waals surface area contributed by atoms with E-state index in [-0.39, 0.29) is 0 Å². The number of nitrogens with one attached hydrogen (secondary N) is 4. The summed E-state index contributed by atoms with van der Waals surface area (Å²) in [5, 5.41) is 14.8. The molecule has 90 heavy (non-hydrogen) atoms. The first-order chi connectivity index (χ1) is 44.0. The van der Waals surface area contributed by atoms with Gasteiger partial charge in [-0.15, -0.1) is 0 Å². The second-order valence-corrected chi connectivity index (χ2v) is 24.9. The highest BCUT2D eigenvalue weighted by Gasteiger charge is 2.33. The summed E-state index contributed by atoms with van der Waals surface area (Å²) in [5.41, 5.74) is 6.24. The van der Waals surface area contributed by atoms with Crippen LogP contribution in [0.2, 0.25) is 0 Å². The third kappa shape index (κ3) is 21.8. The fourth-order valence-corrected chi connectivity index (χ4v) is 11.5. The quantitative estimate of drug-likeness (QED) is 0.0278. The molecule has 0 heterocycles. The first-order valence-electron chi connectivity index (χ1n) is 34.4. The Hall–Kier alpha value is -7.72. The molecule has 0 bridgehead atoms. The molecule has 6 aromatic carbocycles. The van der Waals surface area contributed by atoms with Gasteiger partial charge in [-0.2, -0.15) is 0 Å². The van der Waals surface area contributed by atoms with Crippen LogP contribution in [0, 0.1) is 23.7 Å². The number of ether oxygens (including phenoxy) is 6. The predicted octanol–water partition coefficient (Wildman–Crippen LogP) is 22.0. The van der Waals surface area contributed by atoms with E-state index in [2.05, 4.69) is 259 Å². The molecule has 0 saturated heterocycles. The lowest BCUT2D eigenvalue weighted by Crippen LogP contribution is -2.43. The van der Waals surface area contributed by atoms with E-state index in [0.717, 1.165) is 132 Å². The molecule has 6 unspecified atom stereocenters. The van der Waals surface area contributed by atoms with Crippen LogP contribution < -0.4 is 49.7 Å². The summed E-state index contributed by atoms with van der Waals surface area (Å²) in [6, 6.07) is 49.8. The molecule has 6 aromatic rings. The van der Waals surface area contributed by atoms with Crippen LogP contribution in [-0.4, -0.2) is 37.9 Å². The fraction of sp³-hybridized carbons (Fsp3) is 0.450. The minimum absolute atomic E-state index is 0.557. The van der Waals surface area contributed by atoms with Crippen molar-refractivity contribution in [2.45, 2.75) is 182 Å². The Morgan fingerprint density at radius 2 is 0.600 bits per heavy atom. The zero-order valence-electron chi connectivity index (χ0n) is 55.6. The normalized spacial score (nSPS) is 17.4. The van der Waals surface area contributed by atoms with Crippen LogP contribution >= 0.6 is 0 Å². The molecule has 0 spiro atoms. The SMILES string of the molecule is CCCCC(CC)COc1ccc(NC2=CCC(Nc3ccc(OCC(CC)CCCC)cc3)(Oc3ccc(-c4ccc(OC5(Nc6ccc(OCC(CC)CCCC)cc6)C=CC(Nc6ccc(OCC(CC)CCCC)cc6)=CC5)cc4)cc3)C=C2)cc1. The van der Waals surface area contributed by atoms with Crippen LogP contribution in [0.15, 0.2) is 193 Å². The molecule has 0 aromatic heterocycles. The van der Waals surface area contributed by atoms with Crippen LogP contribution in [0.4, 0.5) is 22.7 Å². The maximum absolute atomic E-state index is 7.00. The Labute approximate surface area is 541 Å². The second-order valence-electron chi connectivity index (χ2n) is 24.9. The molecule has 482 valence electrons. The number of allylic oxidation sites excluding steroid dienone is 2. The van der Waals surface area contributed by atoms with Crippen LogP contribution in [-0.2, 0) is 0 Å². The Morgan fingerprint density at radius 3 is 0.844 bits per heavy atom.